The predicted molar refractivity (Wildman–Crippen MR) is 62.2 cm³/mol. The molecule has 17 heavy (non-hydrogen) atoms. The number of hydrogen-bond donors (Lipinski definition) is 0. The van der Waals surface area contributed by atoms with Gasteiger partial charge in [0.15, 0.2) is 0 Å². The molecule has 0 aromatic heterocycles. The zero-order chi connectivity index (χ0) is 12.3. The first-order chi connectivity index (χ1) is 8.16. The van der Waals surface area contributed by atoms with Gasteiger partial charge >= 0.3 is 5.97 Å². The molecule has 0 aliphatic carbocycles. The van der Waals surface area contributed by atoms with Crippen LogP contribution in [0.5, 0.6) is 0 Å². The maximum absolute atomic E-state index is 11.4. The Kier molecular flexibility index (Phi) is 3.64. The Bertz CT molecular complexity index is 421. The van der Waals surface area contributed by atoms with E-state index < -0.39 is 5.97 Å². The Morgan fingerprint density at radius 1 is 1.47 bits per heavy atom. The second-order valence-corrected chi connectivity index (χ2v) is 4.31. The van der Waals surface area contributed by atoms with Crippen LogP contribution in [0.1, 0.15) is 12.0 Å². The van der Waals surface area contributed by atoms with Crippen LogP contribution >= 0.6 is 11.6 Å². The number of carbonyl (C=O) groups is 2. The Morgan fingerprint density at radius 2 is 2.18 bits per heavy atom. The number of β-lactam (4-membered cyclic amide) rings is 1. The quantitative estimate of drug-likeness (QED) is 0.355. The zero-order valence-electron chi connectivity index (χ0n) is 9.14. The lowest BCUT2D eigenvalue weighted by molar-refractivity contribution is -0.155. The van der Waals surface area contributed by atoms with Gasteiger partial charge < -0.3 is 9.64 Å². The van der Waals surface area contributed by atoms with Gasteiger partial charge in [0.25, 0.3) is 0 Å². The van der Waals surface area contributed by atoms with Crippen molar-refractivity contribution < 1.29 is 14.3 Å². The van der Waals surface area contributed by atoms with E-state index in [-0.39, 0.29) is 24.6 Å². The molecule has 2 rings (SSSR count). The van der Waals surface area contributed by atoms with E-state index in [1.165, 1.54) is 4.90 Å². The fraction of sp³-hybridized carbons (Fsp3) is 0.333. The third kappa shape index (κ3) is 2.97. The molecule has 1 heterocycles. The van der Waals surface area contributed by atoms with Crippen molar-refractivity contribution >= 4 is 23.5 Å². The summed E-state index contributed by atoms with van der Waals surface area (Å²) in [5.74, 6) is -0.547. The molecular weight excluding hydrogens is 244 g/mol. The molecule has 1 aliphatic rings. The average Bonchev–Trinajstić information content (AvgIpc) is 2.35. The van der Waals surface area contributed by atoms with E-state index in [1.807, 2.05) is 30.3 Å². The number of nitrogens with zero attached hydrogens (tertiary/aromatic N) is 1. The van der Waals surface area contributed by atoms with Gasteiger partial charge in [0, 0.05) is 0 Å². The van der Waals surface area contributed by atoms with Crippen molar-refractivity contribution in [2.24, 2.45) is 0 Å². The van der Waals surface area contributed by atoms with Crippen LogP contribution in [0.3, 0.4) is 0 Å². The monoisotopic (exact) mass is 255 g/mol. The van der Waals surface area contributed by atoms with E-state index in [4.69, 9.17) is 16.3 Å². The molecule has 1 fully saturated rings. The lowest BCUT2D eigenvalue weighted by atomic mass is 10.2. The van der Waals surface area contributed by atoms with Crippen LogP contribution < -0.4 is 0 Å². The summed E-state index contributed by atoms with van der Waals surface area (Å²) in [6.45, 7) is 0.147. The number of esters is 1. The van der Waals surface area contributed by atoms with Crippen LogP contribution in [0.15, 0.2) is 30.3 Å². The molecule has 0 N–H and O–H groups in total. The molecule has 0 radical (unpaired) electrons. The van der Waals surface area contributed by atoms with E-state index in [0.29, 0.717) is 6.42 Å². The molecule has 1 aliphatic heterocycles. The van der Waals surface area contributed by atoms with Gasteiger partial charge in [-0.25, -0.2) is 0 Å². The van der Waals surface area contributed by atoms with Gasteiger partial charge in [0.1, 0.15) is 18.7 Å². The fourth-order valence-corrected chi connectivity index (χ4v) is 1.84. The summed E-state index contributed by atoms with van der Waals surface area (Å²) >= 11 is 5.77. The van der Waals surface area contributed by atoms with Crippen LogP contribution in [-0.2, 0) is 20.9 Å². The van der Waals surface area contributed by atoms with Gasteiger partial charge in [-0.15, -0.1) is 0 Å². The van der Waals surface area contributed by atoms with Gasteiger partial charge in [-0.3, -0.25) is 9.59 Å². The van der Waals surface area contributed by atoms with Crippen LogP contribution in [0.25, 0.3) is 0 Å². The van der Waals surface area contributed by atoms with Crippen LogP contribution in [0.2, 0.25) is 0 Å². The van der Waals surface area contributed by atoms with Crippen molar-refractivity contribution in [2.75, 3.05) is 6.54 Å². The lowest BCUT2D eigenvalue weighted by Gasteiger charge is -2.35. The highest BCUT2D eigenvalue weighted by atomic mass is 35.5. The SMILES string of the molecule is O=C([14CH2]N1C(=O)C[C@@H]1Cl)OCc1ccccc1. The number of halogens is 1. The summed E-state index contributed by atoms with van der Waals surface area (Å²) in [4.78, 5) is 23.8. The number of alkyl halides is 1. The second-order valence-electron chi connectivity index (χ2n) is 3.81. The van der Waals surface area contributed by atoms with Crippen molar-refractivity contribution in [3.8, 4) is 0 Å². The molecule has 0 saturated carbocycles. The maximum Gasteiger partial charge on any atom is 0.326 e. The summed E-state index contributed by atoms with van der Waals surface area (Å²) in [5, 5.41) is 0. The topological polar surface area (TPSA) is 46.6 Å². The Balaban J connectivity index is 1.76. The van der Waals surface area contributed by atoms with Crippen molar-refractivity contribution in [3.63, 3.8) is 0 Å². The largest absolute Gasteiger partial charge is 0.459 e. The number of benzene rings is 1. The molecule has 5 heteroatoms. The molecule has 0 bridgehead atoms. The standard InChI is InChI=1S/C12H12ClNO3/c13-10-6-11(15)14(10)7-12(16)17-8-9-4-2-1-3-5-9/h1-5,10H,6-8H2/t10-/m1/s1/i7+2. The van der Waals surface area contributed by atoms with Gasteiger partial charge in [-0.05, 0) is 5.56 Å². The highest BCUT2D eigenvalue weighted by Gasteiger charge is 2.35. The van der Waals surface area contributed by atoms with Gasteiger partial charge in [-0.2, -0.15) is 0 Å². The maximum atomic E-state index is 11.4. The Labute approximate surface area is 104 Å². The first-order valence-corrected chi connectivity index (χ1v) is 5.73. The number of hydrogen-bond acceptors (Lipinski definition) is 3. The van der Waals surface area contributed by atoms with E-state index in [9.17, 15) is 9.59 Å². The van der Waals surface area contributed by atoms with E-state index in [2.05, 4.69) is 0 Å². The van der Waals surface area contributed by atoms with Crippen molar-refractivity contribution in [1.29, 1.82) is 0 Å². The average molecular weight is 256 g/mol. The highest BCUT2D eigenvalue weighted by Crippen LogP contribution is 2.21. The highest BCUT2D eigenvalue weighted by molar-refractivity contribution is 6.24. The molecule has 1 saturated heterocycles. The Hall–Kier alpha value is -1.55. The van der Waals surface area contributed by atoms with Crippen LogP contribution in [0.4, 0.5) is 0 Å². The Morgan fingerprint density at radius 3 is 2.76 bits per heavy atom. The van der Waals surface area contributed by atoms with Crippen LogP contribution in [0, 0.1) is 0 Å². The number of likely N-dealkylation sites (tertiary alicyclic amines) is 1. The molecule has 90 valence electrons. The minimum Gasteiger partial charge on any atom is -0.459 e. The molecule has 1 amide bonds. The minimum absolute atomic E-state index is 0.0696. The number of ether oxygens (including phenoxy) is 1. The number of rotatable bonds is 4. The molecular formula is C12H12ClNO3. The minimum atomic E-state index is -0.437. The first kappa shape index (κ1) is 11.9. The number of carbonyl (C=O) groups excluding carboxylic acids is 2. The zero-order valence-corrected chi connectivity index (χ0v) is 9.89. The van der Waals surface area contributed by atoms with Crippen molar-refractivity contribution in [3.05, 3.63) is 35.9 Å². The fourth-order valence-electron chi connectivity index (χ4n) is 1.53. The molecule has 1 aromatic rings. The predicted octanol–water partition coefficient (Wildman–Crippen LogP) is 1.53. The van der Waals surface area contributed by atoms with Crippen LogP contribution in [-0.4, -0.2) is 28.8 Å². The number of amides is 1. The third-order valence-electron chi connectivity index (χ3n) is 2.54. The smallest absolute Gasteiger partial charge is 0.326 e. The second kappa shape index (κ2) is 5.19. The summed E-state index contributed by atoms with van der Waals surface area (Å²) in [6, 6.07) is 9.37. The van der Waals surface area contributed by atoms with Crippen molar-refractivity contribution in [2.45, 2.75) is 18.5 Å². The van der Waals surface area contributed by atoms with Crippen molar-refractivity contribution in [1.82, 2.24) is 4.90 Å². The van der Waals surface area contributed by atoms with E-state index in [0.717, 1.165) is 5.56 Å². The van der Waals surface area contributed by atoms with Gasteiger partial charge in [0.05, 0.1) is 6.42 Å². The molecule has 1 atom stereocenters. The molecule has 0 spiro atoms. The molecule has 1 aromatic carbocycles. The molecule has 4 nitrogen and oxygen atoms in total. The van der Waals surface area contributed by atoms with E-state index >= 15 is 0 Å². The summed E-state index contributed by atoms with van der Waals surface area (Å²) in [7, 11) is 0. The first-order valence-electron chi connectivity index (χ1n) is 5.30. The summed E-state index contributed by atoms with van der Waals surface area (Å²) in [6.07, 6.45) is 0.299. The molecule has 0 unspecified atom stereocenters. The summed E-state index contributed by atoms with van der Waals surface area (Å²) < 4.78 is 5.04. The van der Waals surface area contributed by atoms with Gasteiger partial charge in [-0.1, -0.05) is 41.9 Å². The van der Waals surface area contributed by atoms with Gasteiger partial charge in [0.2, 0.25) is 5.91 Å². The summed E-state index contributed by atoms with van der Waals surface area (Å²) in [5.41, 5.74) is 0.546. The lowest BCUT2D eigenvalue weighted by Crippen LogP contribution is -2.51. The van der Waals surface area contributed by atoms with E-state index in [1.54, 1.807) is 0 Å². The third-order valence-corrected chi connectivity index (χ3v) is 2.93. The normalized spacial score (nSPS) is 18.8.